The first-order chi connectivity index (χ1) is 12.6. The van der Waals surface area contributed by atoms with Crippen molar-refractivity contribution in [3.8, 4) is 0 Å². The molecular formula is C17H18N4O4S. The molecule has 0 unspecified atom stereocenters. The van der Waals surface area contributed by atoms with E-state index in [0.29, 0.717) is 18.5 Å². The van der Waals surface area contributed by atoms with E-state index in [-0.39, 0.29) is 29.1 Å². The maximum Gasteiger partial charge on any atom is 0.362 e. The summed E-state index contributed by atoms with van der Waals surface area (Å²) in [6.45, 7) is 3.12. The minimum absolute atomic E-state index is 0.0102. The number of nitrogens with zero attached hydrogens (tertiary/aromatic N) is 3. The number of rotatable bonds is 6. The van der Waals surface area contributed by atoms with Crippen LogP contribution in [0, 0.1) is 0 Å². The van der Waals surface area contributed by atoms with E-state index in [1.54, 1.807) is 30.0 Å². The molecule has 1 aliphatic heterocycles. The highest BCUT2D eigenvalue weighted by atomic mass is 32.1. The number of aromatic nitrogens is 2. The lowest BCUT2D eigenvalue weighted by Crippen LogP contribution is -2.24. The van der Waals surface area contributed by atoms with Gasteiger partial charge in [0.05, 0.1) is 6.61 Å². The van der Waals surface area contributed by atoms with Crippen molar-refractivity contribution in [1.29, 1.82) is 0 Å². The number of ether oxygens (including phenoxy) is 1. The van der Waals surface area contributed by atoms with Crippen LogP contribution in [0.3, 0.4) is 0 Å². The molecule has 9 heteroatoms. The maximum atomic E-state index is 12.5. The van der Waals surface area contributed by atoms with Crippen molar-refractivity contribution in [3.05, 3.63) is 41.1 Å². The van der Waals surface area contributed by atoms with Crippen LogP contribution in [0.5, 0.6) is 0 Å². The summed E-state index contributed by atoms with van der Waals surface area (Å²) in [6, 6.07) is 7.05. The number of likely N-dealkylation sites (tertiary alicyclic amines) is 1. The van der Waals surface area contributed by atoms with Crippen LogP contribution < -0.4 is 5.32 Å². The van der Waals surface area contributed by atoms with Crippen LogP contribution in [0.2, 0.25) is 0 Å². The minimum Gasteiger partial charge on any atom is -0.461 e. The van der Waals surface area contributed by atoms with Gasteiger partial charge in [-0.15, -0.1) is 5.10 Å². The van der Waals surface area contributed by atoms with Crippen LogP contribution in [-0.4, -0.2) is 45.4 Å². The fourth-order valence-corrected chi connectivity index (χ4v) is 3.24. The van der Waals surface area contributed by atoms with Gasteiger partial charge in [0.15, 0.2) is 5.00 Å². The number of benzene rings is 1. The topological polar surface area (TPSA) is 101 Å². The summed E-state index contributed by atoms with van der Waals surface area (Å²) in [4.78, 5) is 37.9. The Morgan fingerprint density at radius 3 is 2.96 bits per heavy atom. The van der Waals surface area contributed by atoms with Crippen LogP contribution in [-0.2, 0) is 16.1 Å². The van der Waals surface area contributed by atoms with Crippen molar-refractivity contribution in [3.63, 3.8) is 0 Å². The van der Waals surface area contributed by atoms with E-state index >= 15 is 0 Å². The Morgan fingerprint density at radius 1 is 1.38 bits per heavy atom. The number of hydrogen-bond donors (Lipinski definition) is 1. The normalized spacial score (nSPS) is 13.7. The Labute approximate surface area is 154 Å². The van der Waals surface area contributed by atoms with Gasteiger partial charge in [0.2, 0.25) is 11.6 Å². The highest BCUT2D eigenvalue weighted by Crippen LogP contribution is 2.20. The van der Waals surface area contributed by atoms with Gasteiger partial charge in [-0.3, -0.25) is 9.59 Å². The monoisotopic (exact) mass is 374 g/mol. The van der Waals surface area contributed by atoms with Crippen molar-refractivity contribution in [2.24, 2.45) is 0 Å². The molecule has 1 aromatic heterocycles. The second kappa shape index (κ2) is 8.05. The van der Waals surface area contributed by atoms with Crippen molar-refractivity contribution >= 4 is 34.3 Å². The number of anilines is 1. The molecule has 1 fully saturated rings. The van der Waals surface area contributed by atoms with Gasteiger partial charge in [0, 0.05) is 36.6 Å². The average molecular weight is 374 g/mol. The summed E-state index contributed by atoms with van der Waals surface area (Å²) in [5, 5.41) is 6.60. The van der Waals surface area contributed by atoms with Gasteiger partial charge in [-0.25, -0.2) is 4.79 Å². The number of carbonyl (C=O) groups is 3. The summed E-state index contributed by atoms with van der Waals surface area (Å²) in [6.07, 6.45) is 1.45. The third-order valence-corrected chi connectivity index (χ3v) is 4.56. The van der Waals surface area contributed by atoms with Gasteiger partial charge < -0.3 is 15.0 Å². The van der Waals surface area contributed by atoms with E-state index in [9.17, 15) is 14.4 Å². The summed E-state index contributed by atoms with van der Waals surface area (Å²) in [5.74, 6) is -0.872. The van der Waals surface area contributed by atoms with Crippen LogP contribution in [0.1, 0.15) is 46.2 Å². The molecule has 1 saturated heterocycles. The lowest BCUT2D eigenvalue weighted by molar-refractivity contribution is -0.128. The summed E-state index contributed by atoms with van der Waals surface area (Å²) in [5.41, 5.74) is 1.29. The van der Waals surface area contributed by atoms with Crippen molar-refractivity contribution < 1.29 is 19.1 Å². The molecule has 0 radical (unpaired) electrons. The first-order valence-corrected chi connectivity index (χ1v) is 9.03. The van der Waals surface area contributed by atoms with E-state index in [2.05, 4.69) is 14.9 Å². The number of nitrogens with one attached hydrogen (secondary N) is 1. The van der Waals surface area contributed by atoms with Gasteiger partial charge in [0.1, 0.15) is 0 Å². The molecular weight excluding hydrogens is 356 g/mol. The molecule has 8 nitrogen and oxygen atoms in total. The van der Waals surface area contributed by atoms with Gasteiger partial charge >= 0.3 is 5.97 Å². The number of amides is 2. The quantitative estimate of drug-likeness (QED) is 0.777. The molecule has 0 atom stereocenters. The number of esters is 1. The fraction of sp³-hybridized carbons (Fsp3) is 0.353. The summed E-state index contributed by atoms with van der Waals surface area (Å²) >= 11 is 0.911. The predicted molar refractivity (Wildman–Crippen MR) is 94.9 cm³/mol. The molecule has 3 rings (SSSR count). The van der Waals surface area contributed by atoms with Crippen LogP contribution in [0.25, 0.3) is 0 Å². The molecule has 136 valence electrons. The third-order valence-electron chi connectivity index (χ3n) is 3.92. The van der Waals surface area contributed by atoms with E-state index < -0.39 is 5.97 Å². The maximum absolute atomic E-state index is 12.5. The second-order valence-electron chi connectivity index (χ2n) is 5.74. The Morgan fingerprint density at radius 2 is 2.23 bits per heavy atom. The van der Waals surface area contributed by atoms with Gasteiger partial charge in [-0.1, -0.05) is 16.6 Å². The molecule has 1 aliphatic rings. The Balaban J connectivity index is 1.71. The molecule has 2 aromatic rings. The Kier molecular flexibility index (Phi) is 5.57. The molecule has 26 heavy (non-hydrogen) atoms. The van der Waals surface area contributed by atoms with Crippen LogP contribution in [0.4, 0.5) is 5.00 Å². The molecule has 2 amide bonds. The zero-order valence-corrected chi connectivity index (χ0v) is 15.0. The van der Waals surface area contributed by atoms with E-state index in [1.165, 1.54) is 0 Å². The van der Waals surface area contributed by atoms with Crippen molar-refractivity contribution in [2.75, 3.05) is 18.5 Å². The van der Waals surface area contributed by atoms with Crippen molar-refractivity contribution in [2.45, 2.75) is 26.3 Å². The molecule has 0 bridgehead atoms. The fourth-order valence-electron chi connectivity index (χ4n) is 2.68. The molecule has 0 saturated carbocycles. The average Bonchev–Trinajstić information content (AvgIpc) is 3.25. The highest BCUT2D eigenvalue weighted by molar-refractivity contribution is 7.10. The van der Waals surface area contributed by atoms with Gasteiger partial charge in [0.25, 0.3) is 5.91 Å². The predicted octanol–water partition coefficient (Wildman–Crippen LogP) is 2.09. The second-order valence-corrected chi connectivity index (χ2v) is 6.50. The number of hydrogen-bond acceptors (Lipinski definition) is 7. The SMILES string of the molecule is CCOC(=O)c1nnsc1NC(=O)c1cccc(CN2CCCC2=O)c1. The Bertz CT molecular complexity index is 836. The largest absolute Gasteiger partial charge is 0.461 e. The highest BCUT2D eigenvalue weighted by Gasteiger charge is 2.22. The molecule has 1 aromatic carbocycles. The molecule has 1 N–H and O–H groups in total. The van der Waals surface area contributed by atoms with E-state index in [4.69, 9.17) is 4.74 Å². The smallest absolute Gasteiger partial charge is 0.362 e. The summed E-state index contributed by atoms with van der Waals surface area (Å²) in [7, 11) is 0. The first kappa shape index (κ1) is 18.0. The standard InChI is InChI=1S/C17H18N4O4S/c1-2-25-17(24)14-16(26-20-19-14)18-15(23)12-6-3-5-11(9-12)10-21-8-4-7-13(21)22/h3,5-6,9H,2,4,7-8,10H2,1H3,(H,18,23). The molecule has 2 heterocycles. The third kappa shape index (κ3) is 4.05. The van der Waals surface area contributed by atoms with Gasteiger partial charge in [-0.05, 0) is 31.0 Å². The Hall–Kier alpha value is -2.81. The van der Waals surface area contributed by atoms with Crippen LogP contribution >= 0.6 is 11.5 Å². The van der Waals surface area contributed by atoms with E-state index in [1.807, 2.05) is 6.07 Å². The molecule has 0 aliphatic carbocycles. The van der Waals surface area contributed by atoms with Gasteiger partial charge in [-0.2, -0.15) is 0 Å². The first-order valence-electron chi connectivity index (χ1n) is 8.26. The minimum atomic E-state index is -0.627. The zero-order valence-electron chi connectivity index (χ0n) is 14.2. The summed E-state index contributed by atoms with van der Waals surface area (Å²) < 4.78 is 8.59. The molecule has 0 spiro atoms. The lowest BCUT2D eigenvalue weighted by Gasteiger charge is -2.15. The number of carbonyl (C=O) groups excluding carboxylic acids is 3. The van der Waals surface area contributed by atoms with Crippen LogP contribution in [0.15, 0.2) is 24.3 Å². The zero-order chi connectivity index (χ0) is 18.5. The lowest BCUT2D eigenvalue weighted by atomic mass is 10.1. The van der Waals surface area contributed by atoms with E-state index in [0.717, 1.165) is 30.1 Å². The van der Waals surface area contributed by atoms with Crippen molar-refractivity contribution in [1.82, 2.24) is 14.5 Å².